The second-order valence-electron chi connectivity index (χ2n) is 3.87. The lowest BCUT2D eigenvalue weighted by atomic mass is 10.2. The quantitative estimate of drug-likeness (QED) is 0.744. The van der Waals surface area contributed by atoms with Crippen molar-refractivity contribution in [2.24, 2.45) is 0 Å². The zero-order valence-electron chi connectivity index (χ0n) is 9.68. The molecule has 0 N–H and O–H groups in total. The molecule has 0 spiro atoms. The molecule has 1 aromatic carbocycles. The number of hydrogen-bond acceptors (Lipinski definition) is 4. The zero-order valence-corrected chi connectivity index (χ0v) is 10.5. The predicted octanol–water partition coefficient (Wildman–Crippen LogP) is 1.12. The number of nitrogens with zero attached hydrogens (tertiary/aromatic N) is 1. The van der Waals surface area contributed by atoms with Gasteiger partial charge in [0.05, 0.1) is 5.75 Å². The number of benzene rings is 1. The molecule has 4 nitrogen and oxygen atoms in total. The molecule has 6 heteroatoms. The molecule has 0 radical (unpaired) electrons. The Morgan fingerprint density at radius 1 is 1.41 bits per heavy atom. The van der Waals surface area contributed by atoms with Gasteiger partial charge in [0.15, 0.2) is 6.29 Å². The van der Waals surface area contributed by atoms with E-state index in [0.29, 0.717) is 12.0 Å². The summed E-state index contributed by atoms with van der Waals surface area (Å²) in [6.45, 7) is 0.255. The summed E-state index contributed by atoms with van der Waals surface area (Å²) in [5.41, 5.74) is 0.728. The van der Waals surface area contributed by atoms with Gasteiger partial charge in [-0.25, -0.2) is 12.8 Å². The normalized spacial score (nSPS) is 11.2. The standard InChI is InChI=1S/C11H14FNO3S/c1-13(5-6-17(2,15)16)11-4-3-10(12)7-9(11)8-14/h3-4,7-8H,5-6H2,1-2H3. The molecule has 0 bridgehead atoms. The van der Waals surface area contributed by atoms with Crippen LogP contribution in [0.1, 0.15) is 10.4 Å². The minimum Gasteiger partial charge on any atom is -0.373 e. The molecule has 94 valence electrons. The van der Waals surface area contributed by atoms with E-state index in [2.05, 4.69) is 0 Å². The Kier molecular flexibility index (Phi) is 4.22. The van der Waals surface area contributed by atoms with Gasteiger partial charge in [-0.2, -0.15) is 0 Å². The molecule has 0 aliphatic heterocycles. The molecule has 0 unspecified atom stereocenters. The highest BCUT2D eigenvalue weighted by Gasteiger charge is 2.10. The van der Waals surface area contributed by atoms with Crippen LogP contribution in [-0.2, 0) is 9.84 Å². The average Bonchev–Trinajstić information content (AvgIpc) is 2.24. The molecule has 0 saturated carbocycles. The van der Waals surface area contributed by atoms with Gasteiger partial charge in [-0.3, -0.25) is 4.79 Å². The maximum atomic E-state index is 12.9. The van der Waals surface area contributed by atoms with Gasteiger partial charge in [0, 0.05) is 31.1 Å². The van der Waals surface area contributed by atoms with Crippen molar-refractivity contribution in [2.75, 3.05) is 30.5 Å². The van der Waals surface area contributed by atoms with Gasteiger partial charge >= 0.3 is 0 Å². The molecule has 0 fully saturated rings. The summed E-state index contributed by atoms with van der Waals surface area (Å²) in [6.07, 6.45) is 1.70. The highest BCUT2D eigenvalue weighted by atomic mass is 32.2. The van der Waals surface area contributed by atoms with Crippen LogP contribution in [0.25, 0.3) is 0 Å². The SMILES string of the molecule is CN(CCS(C)(=O)=O)c1ccc(F)cc1C=O. The van der Waals surface area contributed by atoms with Crippen molar-refractivity contribution in [1.29, 1.82) is 0 Å². The van der Waals surface area contributed by atoms with E-state index in [0.717, 1.165) is 12.3 Å². The molecule has 0 aliphatic rings. The highest BCUT2D eigenvalue weighted by Crippen LogP contribution is 2.18. The third kappa shape index (κ3) is 4.14. The summed E-state index contributed by atoms with van der Waals surface area (Å²) in [4.78, 5) is 12.4. The molecule has 0 atom stereocenters. The van der Waals surface area contributed by atoms with Crippen LogP contribution in [0.15, 0.2) is 18.2 Å². The molecule has 0 aliphatic carbocycles. The summed E-state index contributed by atoms with van der Waals surface area (Å²) in [7, 11) is -1.40. The van der Waals surface area contributed by atoms with Crippen LogP contribution in [0.2, 0.25) is 0 Å². The van der Waals surface area contributed by atoms with Crippen LogP contribution in [0.4, 0.5) is 10.1 Å². The molecule has 1 aromatic rings. The van der Waals surface area contributed by atoms with E-state index in [4.69, 9.17) is 0 Å². The molecule has 1 rings (SSSR count). The molecule has 17 heavy (non-hydrogen) atoms. The number of hydrogen-bond donors (Lipinski definition) is 0. The number of halogens is 1. The summed E-state index contributed by atoms with van der Waals surface area (Å²) >= 11 is 0. The maximum absolute atomic E-state index is 12.9. The highest BCUT2D eigenvalue weighted by molar-refractivity contribution is 7.90. The fraction of sp³-hybridized carbons (Fsp3) is 0.364. The van der Waals surface area contributed by atoms with Gasteiger partial charge in [-0.1, -0.05) is 0 Å². The number of anilines is 1. The largest absolute Gasteiger partial charge is 0.373 e. The Balaban J connectivity index is 2.88. The number of aldehydes is 1. The van der Waals surface area contributed by atoms with Crippen molar-refractivity contribution in [1.82, 2.24) is 0 Å². The Morgan fingerprint density at radius 3 is 2.59 bits per heavy atom. The summed E-state index contributed by atoms with van der Waals surface area (Å²) in [5, 5.41) is 0. The maximum Gasteiger partial charge on any atom is 0.152 e. The first kappa shape index (κ1) is 13.6. The average molecular weight is 259 g/mol. The van der Waals surface area contributed by atoms with E-state index in [1.807, 2.05) is 0 Å². The van der Waals surface area contributed by atoms with E-state index >= 15 is 0 Å². The molecular weight excluding hydrogens is 245 g/mol. The fourth-order valence-corrected chi connectivity index (χ4v) is 2.00. The van der Waals surface area contributed by atoms with Crippen LogP contribution in [0.5, 0.6) is 0 Å². The Morgan fingerprint density at radius 2 is 2.06 bits per heavy atom. The zero-order chi connectivity index (χ0) is 13.1. The van der Waals surface area contributed by atoms with Gasteiger partial charge in [0.1, 0.15) is 15.7 Å². The summed E-state index contributed by atoms with van der Waals surface area (Å²) in [6, 6.07) is 3.82. The lowest BCUT2D eigenvalue weighted by molar-refractivity contribution is 0.112. The van der Waals surface area contributed by atoms with Crippen molar-refractivity contribution in [3.8, 4) is 0 Å². The van der Waals surface area contributed by atoms with E-state index in [1.54, 1.807) is 11.9 Å². The number of sulfone groups is 1. The lowest BCUT2D eigenvalue weighted by Crippen LogP contribution is -2.25. The Bertz CT molecular complexity index is 513. The Labute approximate surface area is 100.0 Å². The molecule has 0 amide bonds. The van der Waals surface area contributed by atoms with Crippen LogP contribution in [0.3, 0.4) is 0 Å². The summed E-state index contributed by atoms with van der Waals surface area (Å²) in [5.74, 6) is -0.508. The second kappa shape index (κ2) is 5.27. The fourth-order valence-electron chi connectivity index (χ4n) is 1.39. The minimum absolute atomic E-state index is 0.0147. The van der Waals surface area contributed by atoms with Crippen molar-refractivity contribution in [3.63, 3.8) is 0 Å². The van der Waals surface area contributed by atoms with Crippen molar-refractivity contribution in [2.45, 2.75) is 0 Å². The van der Waals surface area contributed by atoms with Crippen LogP contribution >= 0.6 is 0 Å². The monoisotopic (exact) mass is 259 g/mol. The van der Waals surface area contributed by atoms with Crippen LogP contribution in [-0.4, -0.2) is 40.3 Å². The minimum atomic E-state index is -3.06. The lowest BCUT2D eigenvalue weighted by Gasteiger charge is -2.20. The van der Waals surface area contributed by atoms with Gasteiger partial charge in [0.2, 0.25) is 0 Å². The van der Waals surface area contributed by atoms with E-state index < -0.39 is 15.7 Å². The molecule has 0 saturated heterocycles. The number of rotatable bonds is 5. The first-order valence-corrected chi connectivity index (χ1v) is 7.03. The number of carbonyl (C=O) groups excluding carboxylic acids is 1. The number of carbonyl (C=O) groups is 1. The summed E-state index contributed by atoms with van der Waals surface area (Å²) < 4.78 is 34.9. The van der Waals surface area contributed by atoms with Gasteiger partial charge in [-0.15, -0.1) is 0 Å². The molecule has 0 aromatic heterocycles. The third-order valence-electron chi connectivity index (χ3n) is 2.33. The second-order valence-corrected chi connectivity index (χ2v) is 6.13. The first-order chi connectivity index (χ1) is 7.83. The van der Waals surface area contributed by atoms with Crippen LogP contribution < -0.4 is 4.90 Å². The Hall–Kier alpha value is -1.43. The van der Waals surface area contributed by atoms with E-state index in [-0.39, 0.29) is 17.9 Å². The van der Waals surface area contributed by atoms with Crippen molar-refractivity contribution in [3.05, 3.63) is 29.6 Å². The van der Waals surface area contributed by atoms with E-state index in [9.17, 15) is 17.6 Å². The van der Waals surface area contributed by atoms with Gasteiger partial charge in [0.25, 0.3) is 0 Å². The molecule has 0 heterocycles. The first-order valence-electron chi connectivity index (χ1n) is 4.97. The smallest absolute Gasteiger partial charge is 0.152 e. The topological polar surface area (TPSA) is 54.5 Å². The van der Waals surface area contributed by atoms with Gasteiger partial charge in [-0.05, 0) is 18.2 Å². The van der Waals surface area contributed by atoms with E-state index in [1.165, 1.54) is 12.1 Å². The van der Waals surface area contributed by atoms with Crippen molar-refractivity contribution < 1.29 is 17.6 Å². The van der Waals surface area contributed by atoms with Gasteiger partial charge < -0.3 is 4.90 Å². The third-order valence-corrected chi connectivity index (χ3v) is 3.25. The predicted molar refractivity (Wildman–Crippen MR) is 64.8 cm³/mol. The van der Waals surface area contributed by atoms with Crippen LogP contribution in [0, 0.1) is 5.82 Å². The molecular formula is C11H14FNO3S. The van der Waals surface area contributed by atoms with Crippen molar-refractivity contribution >= 4 is 21.8 Å².